The summed E-state index contributed by atoms with van der Waals surface area (Å²) in [6.07, 6.45) is 5.43. The van der Waals surface area contributed by atoms with Gasteiger partial charge < -0.3 is 4.18 Å². The third-order valence-corrected chi connectivity index (χ3v) is 1.14. The summed E-state index contributed by atoms with van der Waals surface area (Å²) in [5.74, 6) is 0.891. The van der Waals surface area contributed by atoms with Gasteiger partial charge in [-0.15, -0.1) is 0 Å². The summed E-state index contributed by atoms with van der Waals surface area (Å²) in [6.45, 7) is 5.37. The lowest BCUT2D eigenvalue weighted by atomic mass is 10.6. The van der Waals surface area contributed by atoms with E-state index in [4.69, 9.17) is 4.18 Å². The van der Waals surface area contributed by atoms with E-state index in [1.54, 1.807) is 0 Å². The van der Waals surface area contributed by atoms with Crippen molar-refractivity contribution >= 4 is 12.0 Å². The van der Waals surface area contributed by atoms with Crippen LogP contribution in [0.5, 0.6) is 0 Å². The van der Waals surface area contributed by atoms with Crippen LogP contribution in [0.25, 0.3) is 0 Å². The number of allylic oxidation sites excluding steroid dienone is 1. The van der Waals surface area contributed by atoms with E-state index >= 15 is 0 Å². The highest BCUT2D eigenvalue weighted by molar-refractivity contribution is 7.94. The van der Waals surface area contributed by atoms with E-state index in [9.17, 15) is 0 Å². The quantitative estimate of drug-likeness (QED) is 0.250. The zero-order chi connectivity index (χ0) is 6.24. The minimum absolute atomic E-state index is 0.891. The number of rotatable bonds is 4. The van der Waals surface area contributed by atoms with Gasteiger partial charge in [-0.2, -0.15) is 0 Å². The SMILES string of the molecule is C=COSCC=CC. The maximum atomic E-state index is 4.76. The molecule has 8 heavy (non-hydrogen) atoms. The van der Waals surface area contributed by atoms with Crippen molar-refractivity contribution in [2.24, 2.45) is 0 Å². The van der Waals surface area contributed by atoms with Gasteiger partial charge in [0.15, 0.2) is 0 Å². The molecule has 0 rings (SSSR count). The molecule has 0 saturated heterocycles. The van der Waals surface area contributed by atoms with E-state index in [0.29, 0.717) is 0 Å². The first-order valence-corrected chi connectivity index (χ1v) is 3.33. The lowest BCUT2D eigenvalue weighted by molar-refractivity contribution is 0.570. The maximum Gasteiger partial charge on any atom is 0.0938 e. The molecule has 0 spiro atoms. The molecule has 0 bridgehead atoms. The van der Waals surface area contributed by atoms with Crippen molar-refractivity contribution < 1.29 is 4.18 Å². The second-order valence-electron chi connectivity index (χ2n) is 1.12. The van der Waals surface area contributed by atoms with Gasteiger partial charge in [0.05, 0.1) is 18.3 Å². The van der Waals surface area contributed by atoms with Crippen LogP contribution in [0.1, 0.15) is 6.92 Å². The molecular weight excluding hydrogens is 120 g/mol. The highest BCUT2D eigenvalue weighted by atomic mass is 32.2. The Balaban J connectivity index is 2.82. The van der Waals surface area contributed by atoms with Crippen molar-refractivity contribution in [3.63, 3.8) is 0 Å². The highest BCUT2D eigenvalue weighted by Crippen LogP contribution is 2.00. The molecule has 0 aliphatic carbocycles. The zero-order valence-corrected chi connectivity index (χ0v) is 5.78. The molecule has 0 unspecified atom stereocenters. The summed E-state index contributed by atoms with van der Waals surface area (Å²) in [4.78, 5) is 0. The van der Waals surface area contributed by atoms with Crippen LogP contribution in [0.4, 0.5) is 0 Å². The first-order chi connectivity index (χ1) is 3.91. The fourth-order valence-corrected chi connectivity index (χ4v) is 0.669. The molecule has 0 saturated carbocycles. The highest BCUT2D eigenvalue weighted by Gasteiger charge is 1.75. The molecule has 46 valence electrons. The summed E-state index contributed by atoms with van der Waals surface area (Å²) in [7, 11) is 0. The van der Waals surface area contributed by atoms with Crippen LogP contribution in [0, 0.1) is 0 Å². The fraction of sp³-hybridized carbons (Fsp3) is 0.333. The third kappa shape index (κ3) is 5.63. The zero-order valence-electron chi connectivity index (χ0n) is 4.96. The van der Waals surface area contributed by atoms with E-state index in [1.807, 2.05) is 19.1 Å². The van der Waals surface area contributed by atoms with Gasteiger partial charge in [-0.3, -0.25) is 0 Å². The topological polar surface area (TPSA) is 9.23 Å². The Morgan fingerprint density at radius 1 is 1.75 bits per heavy atom. The molecule has 0 aliphatic rings. The Bertz CT molecular complexity index is 78.6. The van der Waals surface area contributed by atoms with E-state index in [2.05, 4.69) is 6.58 Å². The van der Waals surface area contributed by atoms with Crippen molar-refractivity contribution in [3.05, 3.63) is 25.0 Å². The summed E-state index contributed by atoms with van der Waals surface area (Å²) < 4.78 is 4.76. The molecule has 0 amide bonds. The third-order valence-electron chi connectivity index (χ3n) is 0.536. The number of hydrogen-bond acceptors (Lipinski definition) is 2. The van der Waals surface area contributed by atoms with E-state index < -0.39 is 0 Å². The fourth-order valence-electron chi connectivity index (χ4n) is 0.223. The van der Waals surface area contributed by atoms with E-state index in [1.165, 1.54) is 18.3 Å². The minimum atomic E-state index is 0.891. The van der Waals surface area contributed by atoms with E-state index in [-0.39, 0.29) is 0 Å². The molecule has 0 N–H and O–H groups in total. The van der Waals surface area contributed by atoms with Gasteiger partial charge >= 0.3 is 0 Å². The average molecular weight is 130 g/mol. The maximum absolute atomic E-state index is 4.76. The van der Waals surface area contributed by atoms with Crippen molar-refractivity contribution in [3.8, 4) is 0 Å². The second kappa shape index (κ2) is 6.63. The monoisotopic (exact) mass is 130 g/mol. The van der Waals surface area contributed by atoms with Crippen molar-refractivity contribution in [1.82, 2.24) is 0 Å². The predicted octanol–water partition coefficient (Wildman–Crippen LogP) is 2.37. The van der Waals surface area contributed by atoms with Gasteiger partial charge in [0, 0.05) is 5.75 Å². The summed E-state index contributed by atoms with van der Waals surface area (Å²) in [5, 5.41) is 0. The second-order valence-corrected chi connectivity index (χ2v) is 1.88. The van der Waals surface area contributed by atoms with Gasteiger partial charge in [-0.25, -0.2) is 0 Å². The molecule has 2 heteroatoms. The normalized spacial score (nSPS) is 9.62. The molecule has 0 aromatic rings. The molecule has 0 aromatic heterocycles. The first-order valence-electron chi connectivity index (χ1n) is 2.42. The Kier molecular flexibility index (Phi) is 6.32. The van der Waals surface area contributed by atoms with Crippen LogP contribution in [0.2, 0.25) is 0 Å². The van der Waals surface area contributed by atoms with Crippen LogP contribution in [-0.4, -0.2) is 5.75 Å². The number of hydrogen-bond donors (Lipinski definition) is 0. The van der Waals surface area contributed by atoms with Crippen LogP contribution in [0.15, 0.2) is 25.0 Å². The molecule has 0 aromatic carbocycles. The van der Waals surface area contributed by atoms with Gasteiger partial charge in [0.2, 0.25) is 0 Å². The summed E-state index contributed by atoms with van der Waals surface area (Å²) in [6, 6.07) is 0. The van der Waals surface area contributed by atoms with Crippen LogP contribution < -0.4 is 0 Å². The molecule has 0 heterocycles. The molecule has 1 nitrogen and oxygen atoms in total. The Morgan fingerprint density at radius 3 is 3.00 bits per heavy atom. The molecule has 0 aliphatic heterocycles. The average Bonchev–Trinajstić information content (AvgIpc) is 1.81. The predicted molar refractivity (Wildman–Crippen MR) is 38.6 cm³/mol. The smallest absolute Gasteiger partial charge is 0.0938 e. The lowest BCUT2D eigenvalue weighted by Crippen LogP contribution is -1.67. The van der Waals surface area contributed by atoms with Crippen molar-refractivity contribution in [1.29, 1.82) is 0 Å². The van der Waals surface area contributed by atoms with Gasteiger partial charge in [0.25, 0.3) is 0 Å². The Labute approximate surface area is 54.6 Å². The Morgan fingerprint density at radius 2 is 2.50 bits per heavy atom. The van der Waals surface area contributed by atoms with Crippen molar-refractivity contribution in [2.75, 3.05) is 5.75 Å². The van der Waals surface area contributed by atoms with Gasteiger partial charge in [0.1, 0.15) is 0 Å². The molecule has 0 fully saturated rings. The largest absolute Gasteiger partial charge is 0.434 e. The molecule has 0 atom stereocenters. The van der Waals surface area contributed by atoms with Crippen molar-refractivity contribution in [2.45, 2.75) is 6.92 Å². The minimum Gasteiger partial charge on any atom is -0.434 e. The van der Waals surface area contributed by atoms with Crippen LogP contribution in [-0.2, 0) is 4.18 Å². The van der Waals surface area contributed by atoms with Gasteiger partial charge in [-0.1, -0.05) is 18.7 Å². The van der Waals surface area contributed by atoms with E-state index in [0.717, 1.165) is 5.75 Å². The molecule has 0 radical (unpaired) electrons. The molecular formula is C6H10OS. The van der Waals surface area contributed by atoms with Gasteiger partial charge in [-0.05, 0) is 6.92 Å². The standard InChI is InChI=1S/C6H10OS/c1-3-5-6-8-7-4-2/h3-5H,2,6H2,1H3. The van der Waals surface area contributed by atoms with Crippen LogP contribution >= 0.6 is 12.0 Å². The lowest BCUT2D eigenvalue weighted by Gasteiger charge is -1.89. The first kappa shape index (κ1) is 7.63. The van der Waals surface area contributed by atoms with Crippen LogP contribution in [0.3, 0.4) is 0 Å². The summed E-state index contributed by atoms with van der Waals surface area (Å²) >= 11 is 1.37. The summed E-state index contributed by atoms with van der Waals surface area (Å²) in [5.41, 5.74) is 0. The Hall–Kier alpha value is -0.370.